The molecule has 3 aliphatic rings. The minimum atomic E-state index is -0.653. The van der Waals surface area contributed by atoms with Crippen LogP contribution in [0.1, 0.15) is 60.9 Å². The van der Waals surface area contributed by atoms with Crippen LogP contribution in [-0.2, 0) is 16.1 Å². The fraction of sp³-hybridized carbons (Fsp3) is 0.400. The number of carbonyl (C=O) groups is 3. The maximum absolute atomic E-state index is 14.3. The van der Waals surface area contributed by atoms with Crippen LogP contribution in [0.3, 0.4) is 0 Å². The number of nitrogens with one attached hydrogen (secondary N) is 1. The lowest BCUT2D eigenvalue weighted by Crippen LogP contribution is -2.47. The SMILES string of the molecule is CC(=O)c1nn(CC(=O)N2[C@H]3C[C@]4(C[C@@H]24)CN(C)CCCC/C=C/c2ccc(Br)nc2NC3=O)c2ccc(-c3cnc(C)nc3)cc12. The molecule has 1 aliphatic carbocycles. The number of aryl methyl sites for hydroxylation is 1. The van der Waals surface area contributed by atoms with E-state index in [1.165, 1.54) is 6.92 Å². The Bertz CT molecular complexity index is 1920. The molecule has 2 aliphatic heterocycles. The number of piperidine rings is 1. The topological polar surface area (TPSA) is 126 Å². The van der Waals surface area contributed by atoms with Gasteiger partial charge in [-0.3, -0.25) is 19.1 Å². The van der Waals surface area contributed by atoms with E-state index in [0.717, 1.165) is 55.5 Å². The van der Waals surface area contributed by atoms with E-state index in [-0.39, 0.29) is 35.6 Å². The number of carbonyl (C=O) groups excluding carboxylic acids is 3. The third kappa shape index (κ3) is 6.12. The highest BCUT2D eigenvalue weighted by molar-refractivity contribution is 9.10. The molecule has 11 nitrogen and oxygen atoms in total. The molecule has 12 heteroatoms. The zero-order valence-electron chi connectivity index (χ0n) is 26.7. The molecule has 47 heavy (non-hydrogen) atoms. The third-order valence-corrected chi connectivity index (χ3v) is 10.1. The Labute approximate surface area is 281 Å². The first kappa shape index (κ1) is 31.3. The lowest BCUT2D eigenvalue weighted by atomic mass is 9.98. The molecule has 0 unspecified atom stereocenters. The second kappa shape index (κ2) is 12.4. The Morgan fingerprint density at radius 2 is 1.89 bits per heavy atom. The number of rotatable bonds is 4. The molecule has 1 saturated carbocycles. The van der Waals surface area contributed by atoms with E-state index >= 15 is 0 Å². The molecule has 3 atom stereocenters. The van der Waals surface area contributed by atoms with Gasteiger partial charge in [0.25, 0.3) is 0 Å². The van der Waals surface area contributed by atoms with Gasteiger partial charge in [0.1, 0.15) is 34.5 Å². The highest BCUT2D eigenvalue weighted by Crippen LogP contribution is 2.60. The second-order valence-electron chi connectivity index (χ2n) is 13.1. The van der Waals surface area contributed by atoms with Gasteiger partial charge in [0.05, 0.1) is 5.52 Å². The molecular weight excluding hydrogens is 660 g/mol. The highest BCUT2D eigenvalue weighted by atomic mass is 79.9. The average molecular weight is 698 g/mol. The molecule has 2 bridgehead atoms. The van der Waals surface area contributed by atoms with Crippen molar-refractivity contribution < 1.29 is 14.4 Å². The molecule has 1 saturated heterocycles. The van der Waals surface area contributed by atoms with E-state index in [1.54, 1.807) is 22.0 Å². The minimum absolute atomic E-state index is 0.0433. The summed E-state index contributed by atoms with van der Waals surface area (Å²) in [7, 11) is 2.13. The number of pyridine rings is 1. The number of anilines is 1. The van der Waals surface area contributed by atoms with Gasteiger partial charge in [0.2, 0.25) is 11.8 Å². The molecule has 1 aromatic carbocycles. The minimum Gasteiger partial charge on any atom is -0.325 e. The molecule has 1 N–H and O–H groups in total. The van der Waals surface area contributed by atoms with Crippen LogP contribution in [0, 0.1) is 12.3 Å². The zero-order chi connectivity index (χ0) is 32.9. The molecule has 1 spiro atoms. The molecule has 4 aromatic rings. The van der Waals surface area contributed by atoms with Gasteiger partial charge in [-0.2, -0.15) is 5.10 Å². The largest absolute Gasteiger partial charge is 0.325 e. The predicted octanol–water partition coefficient (Wildman–Crippen LogP) is 5.29. The summed E-state index contributed by atoms with van der Waals surface area (Å²) in [5.74, 6) is 0.498. The summed E-state index contributed by atoms with van der Waals surface area (Å²) in [5.41, 5.74) is 3.32. The van der Waals surface area contributed by atoms with Gasteiger partial charge in [0.15, 0.2) is 5.78 Å². The Balaban J connectivity index is 1.21. The van der Waals surface area contributed by atoms with Crippen molar-refractivity contribution in [1.29, 1.82) is 0 Å². The van der Waals surface area contributed by atoms with E-state index in [0.29, 0.717) is 39.3 Å². The lowest BCUT2D eigenvalue weighted by Gasteiger charge is -2.27. The van der Waals surface area contributed by atoms with E-state index in [9.17, 15) is 14.4 Å². The summed E-state index contributed by atoms with van der Waals surface area (Å²) in [6.45, 7) is 5.00. The van der Waals surface area contributed by atoms with E-state index in [1.807, 2.05) is 43.3 Å². The van der Waals surface area contributed by atoms with Crippen LogP contribution in [0.25, 0.3) is 28.1 Å². The normalized spacial score (nSPS) is 23.7. The van der Waals surface area contributed by atoms with Crippen molar-refractivity contribution in [2.45, 2.75) is 64.6 Å². The maximum Gasteiger partial charge on any atom is 0.248 e. The molecule has 0 radical (unpaired) electrons. The standard InChI is InChI=1S/C35H37BrN8O3/c1-21(45)32-26-14-24(25-17-37-22(2)38-18-25)9-11-27(26)43(41-32)19-31(46)44-28-15-35(16-29(35)44)20-42(3)13-7-5-4-6-8-23-10-12-30(36)39-33(23)40-34(28)47/h6,8-12,14,17-18,28-29H,4-5,7,13,15-16,19-20H2,1-3H3,(H,39,40,47)/b8-6+/t28-,29+,35-/m0/s1. The number of fused-ring (bicyclic) bond motifs is 3. The number of halogens is 1. The van der Waals surface area contributed by atoms with Gasteiger partial charge >= 0.3 is 0 Å². The number of hydrogen-bond acceptors (Lipinski definition) is 8. The number of Topliss-reactive ketones (excluding diaryl/α,β-unsaturated/α-hetero) is 1. The fourth-order valence-corrected chi connectivity index (χ4v) is 7.59. The van der Waals surface area contributed by atoms with Crippen LogP contribution >= 0.6 is 15.9 Å². The molecule has 3 aromatic heterocycles. The Kier molecular flexibility index (Phi) is 8.25. The van der Waals surface area contributed by atoms with Crippen molar-refractivity contribution in [3.05, 3.63) is 70.5 Å². The van der Waals surface area contributed by atoms with Gasteiger partial charge in [-0.15, -0.1) is 0 Å². The Morgan fingerprint density at radius 1 is 1.09 bits per heavy atom. The van der Waals surface area contributed by atoms with Gasteiger partial charge in [0, 0.05) is 53.8 Å². The number of aromatic nitrogens is 5. The van der Waals surface area contributed by atoms with Crippen LogP contribution in [0.15, 0.2) is 53.4 Å². The first-order chi connectivity index (χ1) is 22.6. The van der Waals surface area contributed by atoms with Crippen LogP contribution in [0.5, 0.6) is 0 Å². The average Bonchev–Trinajstić information content (AvgIpc) is 3.44. The third-order valence-electron chi connectivity index (χ3n) is 9.67. The van der Waals surface area contributed by atoms with E-state index in [4.69, 9.17) is 0 Å². The number of allylic oxidation sites excluding steroid dienone is 1. The number of hydrogen-bond donors (Lipinski definition) is 1. The highest BCUT2D eigenvalue weighted by Gasteiger charge is 2.67. The van der Waals surface area contributed by atoms with Crippen molar-refractivity contribution in [3.63, 3.8) is 0 Å². The summed E-state index contributed by atoms with van der Waals surface area (Å²) >= 11 is 3.44. The number of likely N-dealkylation sites (tertiary alicyclic amines) is 1. The zero-order valence-corrected chi connectivity index (χ0v) is 28.3. The lowest BCUT2D eigenvalue weighted by molar-refractivity contribution is -0.138. The van der Waals surface area contributed by atoms with Crippen molar-refractivity contribution in [2.24, 2.45) is 5.41 Å². The van der Waals surface area contributed by atoms with Crippen molar-refractivity contribution in [3.8, 4) is 11.1 Å². The molecule has 2 fully saturated rings. The number of amides is 2. The van der Waals surface area contributed by atoms with Crippen LogP contribution in [-0.4, -0.2) is 84.4 Å². The monoisotopic (exact) mass is 696 g/mol. The van der Waals surface area contributed by atoms with E-state index in [2.05, 4.69) is 59.3 Å². The number of nitrogens with zero attached hydrogens (tertiary/aromatic N) is 7. The number of ketones is 1. The quantitative estimate of drug-likeness (QED) is 0.225. The summed E-state index contributed by atoms with van der Waals surface area (Å²) in [6.07, 6.45) is 12.1. The van der Waals surface area contributed by atoms with Crippen LogP contribution in [0.4, 0.5) is 5.82 Å². The van der Waals surface area contributed by atoms with E-state index < -0.39 is 6.04 Å². The first-order valence-electron chi connectivity index (χ1n) is 16.1. The van der Waals surface area contributed by atoms with Crippen LogP contribution in [0.2, 0.25) is 0 Å². The molecule has 242 valence electrons. The Morgan fingerprint density at radius 3 is 2.68 bits per heavy atom. The van der Waals surface area contributed by atoms with Crippen LogP contribution < -0.4 is 5.32 Å². The van der Waals surface area contributed by atoms with Gasteiger partial charge < -0.3 is 15.1 Å². The Hall–Kier alpha value is -4.29. The number of benzene rings is 1. The predicted molar refractivity (Wildman–Crippen MR) is 183 cm³/mol. The molecule has 2 amide bonds. The van der Waals surface area contributed by atoms with Crippen molar-refractivity contribution >= 4 is 56.3 Å². The van der Waals surface area contributed by atoms with Crippen molar-refractivity contribution in [2.75, 3.05) is 25.5 Å². The summed E-state index contributed by atoms with van der Waals surface area (Å²) in [6, 6.07) is 8.78. The smallest absolute Gasteiger partial charge is 0.248 e. The van der Waals surface area contributed by atoms with Gasteiger partial charge in [-0.25, -0.2) is 15.0 Å². The molecule has 7 rings (SSSR count). The summed E-state index contributed by atoms with van der Waals surface area (Å²) in [5, 5.41) is 8.33. The summed E-state index contributed by atoms with van der Waals surface area (Å²) < 4.78 is 2.21. The van der Waals surface area contributed by atoms with Crippen molar-refractivity contribution in [1.82, 2.24) is 34.5 Å². The fourth-order valence-electron chi connectivity index (χ4n) is 7.28. The molecular formula is C35H37BrN8O3. The maximum atomic E-state index is 14.3. The summed E-state index contributed by atoms with van der Waals surface area (Å²) in [4.78, 5) is 58.3. The molecule has 5 heterocycles. The second-order valence-corrected chi connectivity index (χ2v) is 13.9. The van der Waals surface area contributed by atoms with Gasteiger partial charge in [-0.05, 0) is 98.4 Å². The van der Waals surface area contributed by atoms with Gasteiger partial charge in [-0.1, -0.05) is 18.2 Å². The first-order valence-corrected chi connectivity index (χ1v) is 16.9.